The minimum absolute atomic E-state index is 0.0797. The molecule has 1 aromatic rings. The van der Waals surface area contributed by atoms with Gasteiger partial charge in [0.15, 0.2) is 0 Å². The van der Waals surface area contributed by atoms with Crippen LogP contribution >= 0.6 is 0 Å². The molecule has 1 aromatic carbocycles. The highest BCUT2D eigenvalue weighted by Crippen LogP contribution is 2.47. The Hall–Kier alpha value is -1.76. The summed E-state index contributed by atoms with van der Waals surface area (Å²) in [4.78, 5) is 12.3. The van der Waals surface area contributed by atoms with Crippen LogP contribution in [0.4, 0.5) is 13.2 Å². The monoisotopic (exact) mass is 342 g/mol. The molecule has 1 amide bonds. The van der Waals surface area contributed by atoms with Crippen LogP contribution in [-0.2, 0) is 11.2 Å². The molecule has 0 aliphatic heterocycles. The van der Waals surface area contributed by atoms with Crippen LogP contribution in [0.5, 0.6) is 5.75 Å². The molecule has 7 heteroatoms. The van der Waals surface area contributed by atoms with Crippen molar-refractivity contribution in [3.8, 4) is 5.75 Å². The maximum atomic E-state index is 12.4. The van der Waals surface area contributed by atoms with Gasteiger partial charge in [-0.05, 0) is 49.1 Å². The Morgan fingerprint density at radius 3 is 2.62 bits per heavy atom. The van der Waals surface area contributed by atoms with Crippen LogP contribution in [0.3, 0.4) is 0 Å². The van der Waals surface area contributed by atoms with E-state index in [0.29, 0.717) is 17.4 Å². The lowest BCUT2D eigenvalue weighted by Crippen LogP contribution is -2.45. The van der Waals surface area contributed by atoms with Crippen LogP contribution in [0, 0.1) is 17.8 Å². The minimum Gasteiger partial charge on any atom is -0.406 e. The molecule has 0 heterocycles. The molecule has 0 radical (unpaired) electrons. The third kappa shape index (κ3) is 3.66. The molecule has 4 unspecified atom stereocenters. The highest BCUT2D eigenvalue weighted by Gasteiger charge is 2.48. The molecule has 3 rings (SSSR count). The third-order valence-electron chi connectivity index (χ3n) is 5.18. The van der Waals surface area contributed by atoms with Gasteiger partial charge in [-0.15, -0.1) is 13.2 Å². The lowest BCUT2D eigenvalue weighted by molar-refractivity contribution is -0.274. The van der Waals surface area contributed by atoms with Gasteiger partial charge in [-0.25, -0.2) is 0 Å². The topological polar surface area (TPSA) is 64.4 Å². The number of benzene rings is 1. The zero-order valence-electron chi connectivity index (χ0n) is 13.2. The average molecular weight is 342 g/mol. The van der Waals surface area contributed by atoms with Crippen molar-refractivity contribution < 1.29 is 22.7 Å². The molecule has 4 nitrogen and oxygen atoms in total. The number of nitrogens with one attached hydrogen (secondary N) is 1. The maximum absolute atomic E-state index is 12.4. The second-order valence-electron chi connectivity index (χ2n) is 6.63. The first-order valence-corrected chi connectivity index (χ1v) is 8.22. The van der Waals surface area contributed by atoms with Gasteiger partial charge in [0.05, 0.1) is 5.92 Å². The number of hydrogen-bond donors (Lipinski definition) is 2. The van der Waals surface area contributed by atoms with Gasteiger partial charge in [0, 0.05) is 12.6 Å². The molecule has 132 valence electrons. The third-order valence-corrected chi connectivity index (χ3v) is 5.18. The number of carbonyl (C=O) groups is 1. The molecular formula is C17H21F3N2O2. The summed E-state index contributed by atoms with van der Waals surface area (Å²) in [5.74, 6) is 0.322. The van der Waals surface area contributed by atoms with Gasteiger partial charge in [-0.2, -0.15) is 0 Å². The lowest BCUT2D eigenvalue weighted by atomic mass is 9.84. The number of hydrogen-bond acceptors (Lipinski definition) is 3. The van der Waals surface area contributed by atoms with Crippen LogP contribution in [0.1, 0.15) is 24.8 Å². The normalized spacial score (nSPS) is 28.8. The molecular weight excluding hydrogens is 321 g/mol. The molecule has 0 saturated heterocycles. The fourth-order valence-corrected chi connectivity index (χ4v) is 4.10. The number of rotatable bonds is 5. The molecule has 3 N–H and O–H groups in total. The molecule has 2 aliphatic rings. The average Bonchev–Trinajstić information content (AvgIpc) is 3.08. The number of amides is 1. The van der Waals surface area contributed by atoms with Gasteiger partial charge in [0.25, 0.3) is 0 Å². The summed E-state index contributed by atoms with van der Waals surface area (Å²) in [5.41, 5.74) is 6.55. The van der Waals surface area contributed by atoms with E-state index >= 15 is 0 Å². The molecule has 2 saturated carbocycles. The van der Waals surface area contributed by atoms with Crippen molar-refractivity contribution in [1.29, 1.82) is 0 Å². The Balaban J connectivity index is 1.54. The molecule has 0 aromatic heterocycles. The fraction of sp³-hybridized carbons (Fsp3) is 0.588. The quantitative estimate of drug-likeness (QED) is 0.865. The number of carbonyl (C=O) groups excluding carboxylic acids is 1. The van der Waals surface area contributed by atoms with Gasteiger partial charge in [-0.1, -0.05) is 18.2 Å². The summed E-state index contributed by atoms with van der Waals surface area (Å²) in [6, 6.07) is 5.88. The number of nitrogens with two attached hydrogens (primary N) is 1. The second kappa shape index (κ2) is 6.63. The summed E-state index contributed by atoms with van der Waals surface area (Å²) in [5, 5.41) is 2.82. The zero-order chi connectivity index (χ0) is 17.3. The van der Waals surface area contributed by atoms with Crippen molar-refractivity contribution in [3.63, 3.8) is 0 Å². The SMILES string of the molecule is NC1C2CCC(C2)C1C(=O)NCCc1ccccc1OC(F)(F)F. The highest BCUT2D eigenvalue weighted by atomic mass is 19.4. The zero-order valence-corrected chi connectivity index (χ0v) is 13.2. The summed E-state index contributed by atoms with van der Waals surface area (Å²) in [7, 11) is 0. The first-order chi connectivity index (χ1) is 11.3. The van der Waals surface area contributed by atoms with E-state index in [0.717, 1.165) is 19.3 Å². The summed E-state index contributed by atoms with van der Waals surface area (Å²) in [6.07, 6.45) is -1.30. The minimum atomic E-state index is -4.73. The molecule has 2 aliphatic carbocycles. The Kier molecular flexibility index (Phi) is 4.71. The van der Waals surface area contributed by atoms with E-state index in [1.807, 2.05) is 0 Å². The van der Waals surface area contributed by atoms with E-state index < -0.39 is 6.36 Å². The predicted octanol–water partition coefficient (Wildman–Crippen LogP) is 2.62. The van der Waals surface area contributed by atoms with Crippen LogP contribution in [0.25, 0.3) is 0 Å². The van der Waals surface area contributed by atoms with E-state index in [2.05, 4.69) is 10.1 Å². The summed E-state index contributed by atoms with van der Waals surface area (Å²) >= 11 is 0. The second-order valence-corrected chi connectivity index (χ2v) is 6.63. The first-order valence-electron chi connectivity index (χ1n) is 8.22. The Bertz CT molecular complexity index is 604. The summed E-state index contributed by atoms with van der Waals surface area (Å²) < 4.78 is 41.2. The van der Waals surface area contributed by atoms with Gasteiger partial charge in [0.1, 0.15) is 5.75 Å². The Morgan fingerprint density at radius 2 is 1.96 bits per heavy atom. The van der Waals surface area contributed by atoms with Crippen LogP contribution in [0.2, 0.25) is 0 Å². The first kappa shape index (κ1) is 17.1. The smallest absolute Gasteiger partial charge is 0.406 e. The number of alkyl halides is 3. The van der Waals surface area contributed by atoms with Gasteiger partial charge < -0.3 is 15.8 Å². The number of halogens is 3. The van der Waals surface area contributed by atoms with Crippen molar-refractivity contribution in [2.45, 2.75) is 38.1 Å². The predicted molar refractivity (Wildman–Crippen MR) is 82.1 cm³/mol. The fourth-order valence-electron chi connectivity index (χ4n) is 4.10. The number of para-hydroxylation sites is 1. The molecule has 2 fully saturated rings. The van der Waals surface area contributed by atoms with E-state index in [9.17, 15) is 18.0 Å². The van der Waals surface area contributed by atoms with Crippen LogP contribution in [-0.4, -0.2) is 24.9 Å². The van der Waals surface area contributed by atoms with Crippen molar-refractivity contribution >= 4 is 5.91 Å². The van der Waals surface area contributed by atoms with Crippen molar-refractivity contribution in [1.82, 2.24) is 5.32 Å². The number of fused-ring (bicyclic) bond motifs is 2. The largest absolute Gasteiger partial charge is 0.573 e. The van der Waals surface area contributed by atoms with Crippen LogP contribution in [0.15, 0.2) is 24.3 Å². The van der Waals surface area contributed by atoms with E-state index in [-0.39, 0.29) is 36.6 Å². The van der Waals surface area contributed by atoms with Crippen LogP contribution < -0.4 is 15.8 Å². The molecule has 2 bridgehead atoms. The van der Waals surface area contributed by atoms with E-state index in [1.54, 1.807) is 12.1 Å². The van der Waals surface area contributed by atoms with Crippen molar-refractivity contribution in [3.05, 3.63) is 29.8 Å². The Morgan fingerprint density at radius 1 is 1.25 bits per heavy atom. The van der Waals surface area contributed by atoms with E-state index in [4.69, 9.17) is 5.73 Å². The van der Waals surface area contributed by atoms with Crippen molar-refractivity contribution in [2.75, 3.05) is 6.54 Å². The van der Waals surface area contributed by atoms with Crippen molar-refractivity contribution in [2.24, 2.45) is 23.5 Å². The molecule has 24 heavy (non-hydrogen) atoms. The molecule has 4 atom stereocenters. The van der Waals surface area contributed by atoms with Gasteiger partial charge >= 0.3 is 6.36 Å². The van der Waals surface area contributed by atoms with Gasteiger partial charge in [-0.3, -0.25) is 4.79 Å². The van der Waals surface area contributed by atoms with E-state index in [1.165, 1.54) is 12.1 Å². The Labute approximate surface area is 138 Å². The summed E-state index contributed by atoms with van der Waals surface area (Å²) in [6.45, 7) is 0.262. The molecule has 0 spiro atoms. The highest BCUT2D eigenvalue weighted by molar-refractivity contribution is 5.80. The van der Waals surface area contributed by atoms with Gasteiger partial charge in [0.2, 0.25) is 5.91 Å². The standard InChI is InChI=1S/C17H21F3N2O2/c18-17(19,20)24-13-4-2-1-3-10(13)7-8-22-16(23)14-11-5-6-12(9-11)15(14)21/h1-4,11-12,14-15H,5-9,21H2,(H,22,23). The maximum Gasteiger partial charge on any atom is 0.573 e. The number of ether oxygens (including phenoxy) is 1. The lowest BCUT2D eigenvalue weighted by Gasteiger charge is -2.27.